The molecule has 172 valence electrons. The third kappa shape index (κ3) is 4.21. The lowest BCUT2D eigenvalue weighted by Gasteiger charge is -2.31. The van der Waals surface area contributed by atoms with E-state index in [1.54, 1.807) is 11.3 Å². The molecule has 0 radical (unpaired) electrons. The second-order valence-corrected chi connectivity index (χ2v) is 11.6. The fraction of sp³-hybridized carbons (Fsp3) is 0.258. The van der Waals surface area contributed by atoms with Crippen LogP contribution >= 0.6 is 11.3 Å². The molecule has 0 spiro atoms. The molecule has 2 nitrogen and oxygen atoms in total. The molecule has 0 saturated carbocycles. The summed E-state index contributed by atoms with van der Waals surface area (Å²) in [6, 6.07) is 19.9. The van der Waals surface area contributed by atoms with Crippen LogP contribution in [0.15, 0.2) is 66.2 Å². The molecule has 0 fully saturated rings. The van der Waals surface area contributed by atoms with Gasteiger partial charge in [-0.1, -0.05) is 65.0 Å². The van der Waals surface area contributed by atoms with E-state index in [-0.39, 0.29) is 5.41 Å². The summed E-state index contributed by atoms with van der Waals surface area (Å²) in [5, 5.41) is 12.3. The molecule has 4 aromatic rings. The van der Waals surface area contributed by atoms with Crippen molar-refractivity contribution in [3.8, 4) is 11.3 Å². The molecule has 2 aromatic carbocycles. The minimum atomic E-state index is 0.0384. The van der Waals surface area contributed by atoms with E-state index in [9.17, 15) is 0 Å². The summed E-state index contributed by atoms with van der Waals surface area (Å²) < 4.78 is 3.27. The van der Waals surface area contributed by atoms with Crippen molar-refractivity contribution < 1.29 is 4.24 Å². The summed E-state index contributed by atoms with van der Waals surface area (Å²) in [6.45, 7) is 15.7. The van der Waals surface area contributed by atoms with Gasteiger partial charge in [-0.3, -0.25) is 0 Å². The van der Waals surface area contributed by atoms with Crippen molar-refractivity contribution in [3.63, 3.8) is 0 Å². The molecule has 0 N–H and O–H groups in total. The number of hydrogen-bond acceptors (Lipinski definition) is 1. The second-order valence-electron chi connectivity index (χ2n) is 10.6. The van der Waals surface area contributed by atoms with Gasteiger partial charge in [0.15, 0.2) is 6.20 Å². The fourth-order valence-corrected chi connectivity index (χ4v) is 5.58. The number of pyridine rings is 1. The number of nitrogens with zero attached hydrogens (tertiary/aromatic N) is 2. The first-order valence-electron chi connectivity index (χ1n) is 12.0. The van der Waals surface area contributed by atoms with E-state index in [1.807, 2.05) is 4.24 Å². The highest BCUT2D eigenvalue weighted by Gasteiger charge is 2.20. The number of hydrogen-bond donors (Lipinski definition) is 0. The van der Waals surface area contributed by atoms with Gasteiger partial charge in [-0.2, -0.15) is 9.94 Å². The van der Waals surface area contributed by atoms with Crippen LogP contribution in [-0.4, -0.2) is 0 Å². The van der Waals surface area contributed by atoms with Crippen molar-refractivity contribution >= 4 is 39.6 Å². The SMILES string of the molecule is C=[n+]1ccc(=C2C=c3sccc3=C(CC(C)C)[N-]2)cc1-c1cc(C(C)(C)C)c2ccccc2c1. The Morgan fingerprint density at radius 1 is 1.03 bits per heavy atom. The van der Waals surface area contributed by atoms with Crippen molar-refractivity contribution in [1.29, 1.82) is 0 Å². The van der Waals surface area contributed by atoms with Gasteiger partial charge in [-0.25, -0.2) is 0 Å². The van der Waals surface area contributed by atoms with Crippen LogP contribution in [0.5, 0.6) is 0 Å². The van der Waals surface area contributed by atoms with E-state index in [1.165, 1.54) is 37.3 Å². The van der Waals surface area contributed by atoms with Crippen molar-refractivity contribution in [2.45, 2.75) is 46.5 Å². The van der Waals surface area contributed by atoms with Crippen LogP contribution in [-0.2, 0) is 5.41 Å². The molecule has 0 saturated heterocycles. The first-order chi connectivity index (χ1) is 16.2. The molecule has 0 amide bonds. The molecule has 0 unspecified atom stereocenters. The van der Waals surface area contributed by atoms with Gasteiger partial charge in [-0.15, -0.1) is 17.0 Å². The Morgan fingerprint density at radius 2 is 1.82 bits per heavy atom. The highest BCUT2D eigenvalue weighted by Crippen LogP contribution is 2.34. The lowest BCUT2D eigenvalue weighted by molar-refractivity contribution is -0.486. The van der Waals surface area contributed by atoms with Gasteiger partial charge in [0.25, 0.3) is 0 Å². The Hall–Kier alpha value is -3.17. The van der Waals surface area contributed by atoms with E-state index in [0.717, 1.165) is 23.0 Å². The Labute approximate surface area is 205 Å². The molecule has 5 rings (SSSR count). The topological polar surface area (TPSA) is 20.0 Å². The van der Waals surface area contributed by atoms with Gasteiger partial charge in [0.2, 0.25) is 5.69 Å². The molecular weight excluding hydrogens is 432 g/mol. The van der Waals surface area contributed by atoms with Gasteiger partial charge in [-0.05, 0) is 68.1 Å². The van der Waals surface area contributed by atoms with Gasteiger partial charge in [0, 0.05) is 22.2 Å². The van der Waals surface area contributed by atoms with Crippen LogP contribution in [0.4, 0.5) is 0 Å². The third-order valence-electron chi connectivity index (χ3n) is 6.43. The van der Waals surface area contributed by atoms with Crippen LogP contribution in [0.1, 0.15) is 46.6 Å². The summed E-state index contributed by atoms with van der Waals surface area (Å²) in [5.74, 6) is 0.563. The Kier molecular flexibility index (Phi) is 5.69. The van der Waals surface area contributed by atoms with E-state index >= 15 is 0 Å². The lowest BCUT2D eigenvalue weighted by atomic mass is 9.82. The van der Waals surface area contributed by atoms with Crippen LogP contribution in [0, 0.1) is 12.6 Å². The standard InChI is InChI=1S/C31H32N2S/c1-20(2)15-28-25-12-14-34-30(25)19-27(32-28)22-11-13-33(6)29(18-22)23-16-21-9-7-8-10-24(21)26(17-23)31(3,4)5/h7-14,16-20H,6,15H2,1-5H3. The summed E-state index contributed by atoms with van der Waals surface area (Å²) in [7, 11) is 0. The zero-order valence-corrected chi connectivity index (χ0v) is 21.5. The highest BCUT2D eigenvalue weighted by atomic mass is 32.1. The van der Waals surface area contributed by atoms with Crippen molar-refractivity contribution in [2.75, 3.05) is 0 Å². The van der Waals surface area contributed by atoms with Gasteiger partial charge < -0.3 is 5.32 Å². The first kappa shape index (κ1) is 22.6. The zero-order chi connectivity index (χ0) is 24.0. The highest BCUT2D eigenvalue weighted by molar-refractivity contribution is 7.07. The number of thiophene rings is 1. The molecule has 0 aliphatic carbocycles. The van der Waals surface area contributed by atoms with Crippen LogP contribution in [0.2, 0.25) is 0 Å². The number of benzene rings is 2. The minimum absolute atomic E-state index is 0.0384. The maximum atomic E-state index is 5.13. The van der Waals surface area contributed by atoms with Crippen molar-refractivity contribution in [3.05, 3.63) is 98.7 Å². The average molecular weight is 465 g/mol. The Balaban J connectivity index is 1.72. The summed E-state index contributed by atoms with van der Waals surface area (Å²) in [4.78, 5) is 0. The van der Waals surface area contributed by atoms with Gasteiger partial charge in [0.1, 0.15) is 6.72 Å². The molecule has 1 aliphatic heterocycles. The summed E-state index contributed by atoms with van der Waals surface area (Å²) in [5.41, 5.74) is 5.88. The molecule has 0 bridgehead atoms. The largest absolute Gasteiger partial charge is 0.660 e. The number of aromatic nitrogens is 1. The Morgan fingerprint density at radius 3 is 2.59 bits per heavy atom. The predicted molar refractivity (Wildman–Crippen MR) is 146 cm³/mol. The van der Waals surface area contributed by atoms with Crippen molar-refractivity contribution in [1.82, 2.24) is 0 Å². The molecule has 3 heteroatoms. The van der Waals surface area contributed by atoms with Crippen LogP contribution < -0.4 is 19.2 Å². The van der Waals surface area contributed by atoms with Gasteiger partial charge >= 0.3 is 0 Å². The summed E-state index contributed by atoms with van der Waals surface area (Å²) in [6.07, 6.45) is 5.27. The zero-order valence-electron chi connectivity index (χ0n) is 20.7. The second kappa shape index (κ2) is 8.56. The molecule has 3 heterocycles. The van der Waals surface area contributed by atoms with Crippen LogP contribution in [0.25, 0.3) is 44.8 Å². The fourth-order valence-electron chi connectivity index (χ4n) is 4.74. The molecule has 1 aliphatic rings. The van der Waals surface area contributed by atoms with E-state index < -0.39 is 0 Å². The quantitative estimate of drug-likeness (QED) is 0.335. The Bertz CT molecular complexity index is 1630. The summed E-state index contributed by atoms with van der Waals surface area (Å²) >= 11 is 1.79. The van der Waals surface area contributed by atoms with Gasteiger partial charge in [0.05, 0.1) is 0 Å². The van der Waals surface area contributed by atoms with E-state index in [2.05, 4.69) is 114 Å². The number of fused-ring (bicyclic) bond motifs is 2. The molecule has 34 heavy (non-hydrogen) atoms. The van der Waals surface area contributed by atoms with E-state index in [4.69, 9.17) is 5.32 Å². The van der Waals surface area contributed by atoms with Crippen molar-refractivity contribution in [2.24, 2.45) is 5.92 Å². The maximum Gasteiger partial charge on any atom is 0.217 e. The van der Waals surface area contributed by atoms with E-state index in [0.29, 0.717) is 5.92 Å². The smallest absolute Gasteiger partial charge is 0.217 e. The molecular formula is C31H32N2S. The number of rotatable bonds is 3. The third-order valence-corrected chi connectivity index (χ3v) is 7.29. The van der Waals surface area contributed by atoms with Crippen LogP contribution in [0.3, 0.4) is 0 Å². The predicted octanol–water partition coefficient (Wildman–Crippen LogP) is 5.92. The molecule has 0 atom stereocenters. The average Bonchev–Trinajstić information content (AvgIpc) is 3.27. The minimum Gasteiger partial charge on any atom is -0.660 e. The monoisotopic (exact) mass is 464 g/mol. The maximum absolute atomic E-state index is 5.13. The first-order valence-corrected chi connectivity index (χ1v) is 12.9. The lowest BCUT2D eigenvalue weighted by Crippen LogP contribution is -2.27. The normalized spacial score (nSPS) is 15.3. The molecule has 2 aromatic heterocycles.